The SMILES string of the molecule is O=C(Nc1ccc2ncn(CCc3c[nH]c4ccccc34)c(=O)c2c1)c1ccccc1. The average molecular weight is 408 g/mol. The van der Waals surface area contributed by atoms with Gasteiger partial charge in [0.25, 0.3) is 11.5 Å². The van der Waals surface area contributed by atoms with Gasteiger partial charge >= 0.3 is 0 Å². The molecule has 1 amide bonds. The van der Waals surface area contributed by atoms with Crippen molar-refractivity contribution in [3.8, 4) is 0 Å². The van der Waals surface area contributed by atoms with Crippen molar-refractivity contribution in [2.45, 2.75) is 13.0 Å². The van der Waals surface area contributed by atoms with Crippen molar-refractivity contribution in [3.05, 3.63) is 107 Å². The van der Waals surface area contributed by atoms with Crippen LogP contribution in [0.25, 0.3) is 21.8 Å². The molecule has 5 aromatic rings. The Kier molecular flexibility index (Phi) is 4.80. The first kappa shape index (κ1) is 18.8. The van der Waals surface area contributed by atoms with Crippen LogP contribution in [0.3, 0.4) is 0 Å². The minimum absolute atomic E-state index is 0.124. The Morgan fingerprint density at radius 2 is 1.77 bits per heavy atom. The third-order valence-corrected chi connectivity index (χ3v) is 5.41. The maximum atomic E-state index is 13.1. The number of fused-ring (bicyclic) bond motifs is 2. The van der Waals surface area contributed by atoms with Gasteiger partial charge in [-0.25, -0.2) is 4.98 Å². The number of carbonyl (C=O) groups is 1. The number of hydrogen-bond donors (Lipinski definition) is 2. The lowest BCUT2D eigenvalue weighted by atomic mass is 10.1. The number of nitrogens with zero attached hydrogens (tertiary/aromatic N) is 2. The van der Waals surface area contributed by atoms with Crippen molar-refractivity contribution in [2.24, 2.45) is 0 Å². The van der Waals surface area contributed by atoms with Gasteiger partial charge in [0, 0.05) is 34.9 Å². The maximum Gasteiger partial charge on any atom is 0.261 e. The Balaban J connectivity index is 1.40. The lowest BCUT2D eigenvalue weighted by Gasteiger charge is -2.09. The summed E-state index contributed by atoms with van der Waals surface area (Å²) < 4.78 is 1.62. The number of amides is 1. The van der Waals surface area contributed by atoms with Gasteiger partial charge in [-0.1, -0.05) is 36.4 Å². The number of hydrogen-bond acceptors (Lipinski definition) is 3. The van der Waals surface area contributed by atoms with E-state index in [0.29, 0.717) is 35.1 Å². The predicted molar refractivity (Wildman–Crippen MR) is 122 cm³/mol. The monoisotopic (exact) mass is 408 g/mol. The summed E-state index contributed by atoms with van der Waals surface area (Å²) >= 11 is 0. The number of H-pyrrole nitrogens is 1. The molecule has 0 aliphatic rings. The summed E-state index contributed by atoms with van der Waals surface area (Å²) in [6.07, 6.45) is 4.28. The highest BCUT2D eigenvalue weighted by molar-refractivity contribution is 6.05. The average Bonchev–Trinajstić information content (AvgIpc) is 3.23. The van der Waals surface area contributed by atoms with Gasteiger partial charge in [-0.05, 0) is 48.4 Å². The maximum absolute atomic E-state index is 13.1. The number of aromatic nitrogens is 3. The van der Waals surface area contributed by atoms with E-state index in [1.165, 1.54) is 0 Å². The number of rotatable bonds is 5. The van der Waals surface area contributed by atoms with Gasteiger partial charge in [0.2, 0.25) is 0 Å². The lowest BCUT2D eigenvalue weighted by molar-refractivity contribution is 0.102. The molecule has 2 heterocycles. The zero-order valence-corrected chi connectivity index (χ0v) is 16.7. The standard InChI is InChI=1S/C25H20N4O2/c30-24(17-6-2-1-3-7-17)28-19-10-11-23-21(14-19)25(31)29(16-27-23)13-12-18-15-26-22-9-5-4-8-20(18)22/h1-11,14-16,26H,12-13H2,(H,28,30). The van der Waals surface area contributed by atoms with Crippen LogP contribution < -0.4 is 10.9 Å². The van der Waals surface area contributed by atoms with Crippen LogP contribution in [0.1, 0.15) is 15.9 Å². The van der Waals surface area contributed by atoms with Crippen molar-refractivity contribution in [3.63, 3.8) is 0 Å². The number of aryl methyl sites for hydroxylation is 2. The van der Waals surface area contributed by atoms with Gasteiger partial charge in [0.1, 0.15) is 0 Å². The van der Waals surface area contributed by atoms with E-state index in [2.05, 4.69) is 21.4 Å². The van der Waals surface area contributed by atoms with Crippen LogP contribution in [-0.4, -0.2) is 20.4 Å². The van der Waals surface area contributed by atoms with Gasteiger partial charge in [-0.2, -0.15) is 0 Å². The largest absolute Gasteiger partial charge is 0.361 e. The molecule has 0 radical (unpaired) electrons. The molecule has 5 rings (SSSR count). The Labute approximate surface area is 178 Å². The van der Waals surface area contributed by atoms with Gasteiger partial charge < -0.3 is 10.3 Å². The zero-order chi connectivity index (χ0) is 21.2. The van der Waals surface area contributed by atoms with Crippen LogP contribution in [0.2, 0.25) is 0 Å². The highest BCUT2D eigenvalue weighted by atomic mass is 16.1. The van der Waals surface area contributed by atoms with E-state index in [4.69, 9.17) is 0 Å². The molecule has 0 atom stereocenters. The van der Waals surface area contributed by atoms with E-state index in [-0.39, 0.29) is 11.5 Å². The molecule has 0 spiro atoms. The second-order valence-corrected chi connectivity index (χ2v) is 7.40. The van der Waals surface area contributed by atoms with Crippen molar-refractivity contribution in [2.75, 3.05) is 5.32 Å². The minimum atomic E-state index is -0.219. The molecule has 152 valence electrons. The number of anilines is 1. The smallest absolute Gasteiger partial charge is 0.261 e. The molecule has 0 fully saturated rings. The Morgan fingerprint density at radius 1 is 0.968 bits per heavy atom. The van der Waals surface area contributed by atoms with Crippen LogP contribution in [0.4, 0.5) is 5.69 Å². The van der Waals surface area contributed by atoms with Crippen LogP contribution >= 0.6 is 0 Å². The van der Waals surface area contributed by atoms with Gasteiger partial charge in [-0.15, -0.1) is 0 Å². The number of carbonyl (C=O) groups excluding carboxylic acids is 1. The van der Waals surface area contributed by atoms with E-state index in [1.807, 2.05) is 42.6 Å². The molecule has 2 aromatic heterocycles. The van der Waals surface area contributed by atoms with E-state index in [9.17, 15) is 9.59 Å². The normalized spacial score (nSPS) is 11.1. The molecular weight excluding hydrogens is 388 g/mol. The molecule has 2 N–H and O–H groups in total. The van der Waals surface area contributed by atoms with E-state index in [0.717, 1.165) is 16.5 Å². The molecule has 31 heavy (non-hydrogen) atoms. The van der Waals surface area contributed by atoms with Gasteiger partial charge in [0.05, 0.1) is 17.2 Å². The van der Waals surface area contributed by atoms with Crippen molar-refractivity contribution in [1.29, 1.82) is 0 Å². The van der Waals surface area contributed by atoms with Gasteiger partial charge in [0.15, 0.2) is 0 Å². The molecule has 6 nitrogen and oxygen atoms in total. The number of nitrogens with one attached hydrogen (secondary N) is 2. The number of aromatic amines is 1. The molecule has 0 bridgehead atoms. The summed E-state index contributed by atoms with van der Waals surface area (Å²) in [6, 6.07) is 22.3. The summed E-state index contributed by atoms with van der Waals surface area (Å²) in [6.45, 7) is 0.518. The minimum Gasteiger partial charge on any atom is -0.361 e. The van der Waals surface area contributed by atoms with E-state index < -0.39 is 0 Å². The number of para-hydroxylation sites is 1. The molecule has 3 aromatic carbocycles. The first-order chi connectivity index (χ1) is 15.2. The fourth-order valence-corrected chi connectivity index (χ4v) is 3.77. The molecular formula is C25H20N4O2. The summed E-state index contributed by atoms with van der Waals surface area (Å²) in [7, 11) is 0. The van der Waals surface area contributed by atoms with Crippen LogP contribution in [0, 0.1) is 0 Å². The number of benzene rings is 3. The second-order valence-electron chi connectivity index (χ2n) is 7.40. The van der Waals surface area contributed by atoms with Crippen molar-refractivity contribution in [1.82, 2.24) is 14.5 Å². The summed E-state index contributed by atoms with van der Waals surface area (Å²) in [4.78, 5) is 33.2. The first-order valence-electron chi connectivity index (χ1n) is 10.1. The third-order valence-electron chi connectivity index (χ3n) is 5.41. The van der Waals surface area contributed by atoms with Crippen LogP contribution in [0.5, 0.6) is 0 Å². The fourth-order valence-electron chi connectivity index (χ4n) is 3.77. The third kappa shape index (κ3) is 3.71. The molecule has 0 saturated carbocycles. The van der Waals surface area contributed by atoms with Gasteiger partial charge in [-0.3, -0.25) is 14.2 Å². The molecule has 0 aliphatic carbocycles. The van der Waals surface area contributed by atoms with Crippen molar-refractivity contribution >= 4 is 33.4 Å². The first-order valence-corrected chi connectivity index (χ1v) is 10.1. The quantitative estimate of drug-likeness (QED) is 0.453. The van der Waals surface area contributed by atoms with Crippen LogP contribution in [0.15, 0.2) is 90.1 Å². The predicted octanol–water partition coefficient (Wildman–Crippen LogP) is 4.37. The topological polar surface area (TPSA) is 79.8 Å². The Hall–Kier alpha value is -4.19. The second kappa shape index (κ2) is 7.91. The highest BCUT2D eigenvalue weighted by Gasteiger charge is 2.10. The Bertz CT molecular complexity index is 1450. The Morgan fingerprint density at radius 3 is 2.65 bits per heavy atom. The lowest BCUT2D eigenvalue weighted by Crippen LogP contribution is -2.22. The highest BCUT2D eigenvalue weighted by Crippen LogP contribution is 2.19. The van der Waals surface area contributed by atoms with Crippen LogP contribution in [-0.2, 0) is 13.0 Å². The summed E-state index contributed by atoms with van der Waals surface area (Å²) in [5, 5.41) is 4.49. The van der Waals surface area contributed by atoms with Crippen molar-refractivity contribution < 1.29 is 4.79 Å². The summed E-state index contributed by atoms with van der Waals surface area (Å²) in [5.74, 6) is -0.219. The molecule has 0 aliphatic heterocycles. The fraction of sp³-hybridized carbons (Fsp3) is 0.0800. The molecule has 6 heteroatoms. The summed E-state index contributed by atoms with van der Waals surface area (Å²) in [5.41, 5.74) is 3.85. The zero-order valence-electron chi connectivity index (χ0n) is 16.7. The molecule has 0 saturated heterocycles. The van der Waals surface area contributed by atoms with E-state index in [1.54, 1.807) is 41.2 Å². The van der Waals surface area contributed by atoms with E-state index >= 15 is 0 Å². The molecule has 0 unspecified atom stereocenters.